The molecule has 6 nitrogen and oxygen atoms in total. The lowest BCUT2D eigenvalue weighted by Crippen LogP contribution is -2.39. The normalized spacial score (nSPS) is 13.5. The van der Waals surface area contributed by atoms with E-state index in [1.807, 2.05) is 55.5 Å². The first kappa shape index (κ1) is 21.4. The van der Waals surface area contributed by atoms with Crippen LogP contribution in [0.5, 0.6) is 0 Å². The van der Waals surface area contributed by atoms with Gasteiger partial charge in [-0.1, -0.05) is 42.5 Å². The summed E-state index contributed by atoms with van der Waals surface area (Å²) in [6, 6.07) is 17.1. The first-order valence-corrected chi connectivity index (χ1v) is 9.57. The Labute approximate surface area is 167 Å². The minimum absolute atomic E-state index is 0.0900. The van der Waals surface area contributed by atoms with E-state index in [1.165, 1.54) is 0 Å². The van der Waals surface area contributed by atoms with Gasteiger partial charge in [-0.15, -0.1) is 0 Å². The first-order valence-electron chi connectivity index (χ1n) is 9.57. The summed E-state index contributed by atoms with van der Waals surface area (Å²) >= 11 is 0. The van der Waals surface area contributed by atoms with Crippen LogP contribution in [0.2, 0.25) is 0 Å². The molecule has 0 aliphatic rings. The molecule has 0 radical (unpaired) electrons. The first-order chi connectivity index (χ1) is 13.5. The summed E-state index contributed by atoms with van der Waals surface area (Å²) in [5.74, 6) is 0.564. The summed E-state index contributed by atoms with van der Waals surface area (Å²) < 4.78 is 0. The Morgan fingerprint density at radius 1 is 1.11 bits per heavy atom. The molecule has 4 N–H and O–H groups in total. The van der Waals surface area contributed by atoms with E-state index in [9.17, 15) is 9.90 Å². The molecule has 1 amide bonds. The van der Waals surface area contributed by atoms with Gasteiger partial charge in [0.2, 0.25) is 0 Å². The summed E-state index contributed by atoms with van der Waals surface area (Å²) in [5, 5.41) is 19.8. The number of carbonyl (C=O) groups is 1. The Balaban J connectivity index is 1.95. The van der Waals surface area contributed by atoms with Gasteiger partial charge in [-0.2, -0.15) is 0 Å². The van der Waals surface area contributed by atoms with Crippen molar-refractivity contribution in [2.45, 2.75) is 25.9 Å². The van der Waals surface area contributed by atoms with Gasteiger partial charge in [0.05, 0.1) is 6.54 Å². The second-order valence-electron chi connectivity index (χ2n) is 6.79. The summed E-state index contributed by atoms with van der Waals surface area (Å²) in [6.45, 7) is 5.40. The highest BCUT2D eigenvalue weighted by molar-refractivity contribution is 5.94. The molecule has 1 atom stereocenters. The van der Waals surface area contributed by atoms with Crippen LogP contribution in [-0.2, 0) is 12.0 Å². The maximum absolute atomic E-state index is 11.7. The smallest absolute Gasteiger partial charge is 0.251 e. The standard InChI is InChI=1S/C22H30N4O2/c1-4-24-21(26-16-22(2,28)19-11-6-5-7-12-19)25-14-13-17-9-8-10-18(15-17)20(27)23-3/h5-12,15,28H,4,13-14,16H2,1-3H3,(H,23,27)(H2,24,25,26). The average molecular weight is 383 g/mol. The topological polar surface area (TPSA) is 85.8 Å². The number of nitrogens with zero attached hydrogens (tertiary/aromatic N) is 1. The number of nitrogens with one attached hydrogen (secondary N) is 3. The van der Waals surface area contributed by atoms with Crippen LogP contribution in [0.3, 0.4) is 0 Å². The van der Waals surface area contributed by atoms with Gasteiger partial charge >= 0.3 is 0 Å². The van der Waals surface area contributed by atoms with Crippen molar-refractivity contribution < 1.29 is 9.90 Å². The lowest BCUT2D eigenvalue weighted by molar-refractivity contribution is 0.0672. The fraction of sp³-hybridized carbons (Fsp3) is 0.364. The van der Waals surface area contributed by atoms with Gasteiger partial charge in [0.1, 0.15) is 5.60 Å². The molecule has 28 heavy (non-hydrogen) atoms. The maximum Gasteiger partial charge on any atom is 0.251 e. The van der Waals surface area contributed by atoms with E-state index in [4.69, 9.17) is 0 Å². The average Bonchev–Trinajstić information content (AvgIpc) is 2.72. The van der Waals surface area contributed by atoms with Crippen LogP contribution in [0.15, 0.2) is 59.6 Å². The molecule has 0 saturated heterocycles. The third kappa shape index (κ3) is 6.39. The maximum atomic E-state index is 11.7. The van der Waals surface area contributed by atoms with Gasteiger partial charge in [-0.25, -0.2) is 4.99 Å². The van der Waals surface area contributed by atoms with Crippen molar-refractivity contribution in [2.24, 2.45) is 4.99 Å². The predicted molar refractivity (Wildman–Crippen MR) is 114 cm³/mol. The van der Waals surface area contributed by atoms with Gasteiger partial charge < -0.3 is 21.1 Å². The SMILES string of the molecule is CCNC(=NCC(C)(O)c1ccccc1)NCCc1cccc(C(=O)NC)c1. The highest BCUT2D eigenvalue weighted by atomic mass is 16.3. The summed E-state index contributed by atoms with van der Waals surface area (Å²) in [6.07, 6.45) is 0.754. The predicted octanol–water partition coefficient (Wildman–Crippen LogP) is 2.05. The number of hydrogen-bond donors (Lipinski definition) is 4. The molecule has 0 spiro atoms. The minimum atomic E-state index is -1.04. The van der Waals surface area contributed by atoms with E-state index >= 15 is 0 Å². The molecule has 0 bridgehead atoms. The lowest BCUT2D eigenvalue weighted by atomic mass is 9.96. The van der Waals surface area contributed by atoms with Gasteiger partial charge in [0, 0.05) is 25.7 Å². The van der Waals surface area contributed by atoms with Gasteiger partial charge in [-0.05, 0) is 43.5 Å². The second kappa shape index (κ2) is 10.5. The van der Waals surface area contributed by atoms with E-state index in [1.54, 1.807) is 20.0 Å². The van der Waals surface area contributed by atoms with Crippen LogP contribution in [-0.4, -0.2) is 43.7 Å². The third-order valence-electron chi connectivity index (χ3n) is 4.41. The molecule has 0 heterocycles. The van der Waals surface area contributed by atoms with Crippen LogP contribution in [0, 0.1) is 0 Å². The summed E-state index contributed by atoms with van der Waals surface area (Å²) in [5.41, 5.74) is 1.52. The van der Waals surface area contributed by atoms with E-state index in [0.29, 0.717) is 18.1 Å². The Kier molecular flexibility index (Phi) is 8.02. The van der Waals surface area contributed by atoms with Crippen LogP contribution in [0.25, 0.3) is 0 Å². The molecule has 0 aliphatic carbocycles. The monoisotopic (exact) mass is 382 g/mol. The highest BCUT2D eigenvalue weighted by Crippen LogP contribution is 2.20. The van der Waals surface area contributed by atoms with Crippen LogP contribution < -0.4 is 16.0 Å². The van der Waals surface area contributed by atoms with E-state index in [0.717, 1.165) is 24.1 Å². The molecule has 0 aliphatic heterocycles. The summed E-state index contributed by atoms with van der Waals surface area (Å²) in [7, 11) is 1.63. The Morgan fingerprint density at radius 3 is 2.54 bits per heavy atom. The zero-order chi connectivity index (χ0) is 20.4. The third-order valence-corrected chi connectivity index (χ3v) is 4.41. The van der Waals surface area contributed by atoms with Crippen molar-refractivity contribution in [1.29, 1.82) is 0 Å². The van der Waals surface area contributed by atoms with Gasteiger partial charge in [0.25, 0.3) is 5.91 Å². The molecular weight excluding hydrogens is 352 g/mol. The Morgan fingerprint density at radius 2 is 1.86 bits per heavy atom. The minimum Gasteiger partial charge on any atom is -0.384 e. The van der Waals surface area contributed by atoms with Crippen LogP contribution in [0.4, 0.5) is 0 Å². The molecular formula is C22H30N4O2. The molecule has 2 rings (SSSR count). The number of amides is 1. The number of aliphatic imine (C=N–C) groups is 1. The molecule has 0 aromatic heterocycles. The molecule has 2 aromatic carbocycles. The zero-order valence-corrected chi connectivity index (χ0v) is 16.8. The number of rotatable bonds is 8. The molecule has 1 unspecified atom stereocenters. The number of carbonyl (C=O) groups excluding carboxylic acids is 1. The number of guanidine groups is 1. The molecule has 0 saturated carbocycles. The van der Waals surface area contributed by atoms with Gasteiger partial charge in [0.15, 0.2) is 5.96 Å². The van der Waals surface area contributed by atoms with Crippen molar-refractivity contribution in [3.63, 3.8) is 0 Å². The Bertz CT molecular complexity index is 788. The lowest BCUT2D eigenvalue weighted by Gasteiger charge is -2.22. The van der Waals surface area contributed by atoms with E-state index in [-0.39, 0.29) is 12.5 Å². The molecule has 0 fully saturated rings. The van der Waals surface area contributed by atoms with E-state index < -0.39 is 5.60 Å². The van der Waals surface area contributed by atoms with Crippen molar-refractivity contribution in [3.05, 3.63) is 71.3 Å². The fourth-order valence-corrected chi connectivity index (χ4v) is 2.80. The number of hydrogen-bond acceptors (Lipinski definition) is 3. The van der Waals surface area contributed by atoms with Crippen molar-refractivity contribution >= 4 is 11.9 Å². The van der Waals surface area contributed by atoms with Crippen LogP contribution in [0.1, 0.15) is 35.3 Å². The molecule has 6 heteroatoms. The zero-order valence-electron chi connectivity index (χ0n) is 16.8. The quantitative estimate of drug-likeness (QED) is 0.416. The van der Waals surface area contributed by atoms with E-state index in [2.05, 4.69) is 20.9 Å². The number of benzene rings is 2. The fourth-order valence-electron chi connectivity index (χ4n) is 2.80. The van der Waals surface area contributed by atoms with Crippen molar-refractivity contribution in [2.75, 3.05) is 26.7 Å². The Hall–Kier alpha value is -2.86. The second-order valence-corrected chi connectivity index (χ2v) is 6.79. The van der Waals surface area contributed by atoms with Crippen molar-refractivity contribution in [1.82, 2.24) is 16.0 Å². The number of aliphatic hydroxyl groups is 1. The highest BCUT2D eigenvalue weighted by Gasteiger charge is 2.22. The van der Waals surface area contributed by atoms with Crippen LogP contribution >= 0.6 is 0 Å². The summed E-state index contributed by atoms with van der Waals surface area (Å²) in [4.78, 5) is 16.3. The molecule has 2 aromatic rings. The van der Waals surface area contributed by atoms with Crippen molar-refractivity contribution in [3.8, 4) is 0 Å². The largest absolute Gasteiger partial charge is 0.384 e. The molecule has 150 valence electrons. The van der Waals surface area contributed by atoms with Gasteiger partial charge in [-0.3, -0.25) is 4.79 Å².